The monoisotopic (exact) mass is 369 g/mol. The van der Waals surface area contributed by atoms with Gasteiger partial charge in [0.1, 0.15) is 0 Å². The van der Waals surface area contributed by atoms with Crippen LogP contribution in [-0.2, 0) is 17.6 Å². The molecule has 0 unspecified atom stereocenters. The molecule has 0 amide bonds. The van der Waals surface area contributed by atoms with E-state index in [-0.39, 0.29) is 5.78 Å². The number of aliphatic imine (C=N–C) groups is 1. The molecule has 0 fully saturated rings. The standard InChI is InChI=1S/C24H23N3O/c1-14(18-7-9-25-12-18)23-19-10-16(5-6-17(19)11-22(23)28)20-13-27-21-4-3-8-26-24(21)15(20)2/h5-6,9-10,12-13,26H,3-4,7-8,11H2,1-2H3/b23-14-. The van der Waals surface area contributed by atoms with Crippen LogP contribution in [0, 0.1) is 6.92 Å². The van der Waals surface area contributed by atoms with Gasteiger partial charge in [-0.2, -0.15) is 0 Å². The van der Waals surface area contributed by atoms with Crippen LogP contribution in [0.25, 0.3) is 16.7 Å². The quantitative estimate of drug-likeness (QED) is 0.783. The molecule has 0 saturated heterocycles. The Kier molecular flexibility index (Phi) is 4.00. The number of ketones is 1. The van der Waals surface area contributed by atoms with E-state index in [1.807, 2.05) is 25.5 Å². The first-order chi connectivity index (χ1) is 13.6. The number of carbonyl (C=O) groups excluding carboxylic acids is 1. The van der Waals surface area contributed by atoms with Gasteiger partial charge >= 0.3 is 0 Å². The van der Waals surface area contributed by atoms with Crippen LogP contribution in [0.5, 0.6) is 0 Å². The Morgan fingerprint density at radius 3 is 2.93 bits per heavy atom. The van der Waals surface area contributed by atoms with Crippen molar-refractivity contribution in [2.45, 2.75) is 39.5 Å². The fourth-order valence-electron chi connectivity index (χ4n) is 4.55. The molecule has 0 radical (unpaired) electrons. The number of rotatable bonds is 2. The molecule has 0 atom stereocenters. The molecular formula is C24H23N3O. The number of hydrogen-bond donors (Lipinski definition) is 1. The normalized spacial score (nSPS) is 19.2. The summed E-state index contributed by atoms with van der Waals surface area (Å²) in [5.74, 6) is 0.208. The van der Waals surface area contributed by atoms with Gasteiger partial charge in [0.05, 0.1) is 11.4 Å². The maximum absolute atomic E-state index is 12.8. The number of Topliss-reactive ketones (excluding diaryl/α,β-unsaturated/α-hetero) is 1. The Bertz CT molecular complexity index is 1110. The highest BCUT2D eigenvalue weighted by Crippen LogP contribution is 2.39. The zero-order valence-electron chi connectivity index (χ0n) is 16.3. The van der Waals surface area contributed by atoms with Crippen LogP contribution >= 0.6 is 0 Å². The number of benzene rings is 1. The van der Waals surface area contributed by atoms with Gasteiger partial charge in [0, 0.05) is 49.1 Å². The van der Waals surface area contributed by atoms with E-state index in [0.717, 1.165) is 70.5 Å². The predicted octanol–water partition coefficient (Wildman–Crippen LogP) is 4.67. The Morgan fingerprint density at radius 1 is 1.21 bits per heavy atom. The lowest BCUT2D eigenvalue weighted by Gasteiger charge is -2.21. The van der Waals surface area contributed by atoms with E-state index < -0.39 is 0 Å². The van der Waals surface area contributed by atoms with Gasteiger partial charge in [-0.3, -0.25) is 14.8 Å². The average Bonchev–Trinajstić information content (AvgIpc) is 3.35. The lowest BCUT2D eigenvalue weighted by molar-refractivity contribution is -0.112. The van der Waals surface area contributed by atoms with E-state index in [0.29, 0.717) is 6.42 Å². The Balaban J connectivity index is 1.63. The van der Waals surface area contributed by atoms with Gasteiger partial charge < -0.3 is 5.32 Å². The van der Waals surface area contributed by atoms with Crippen LogP contribution in [0.2, 0.25) is 0 Å². The number of nitrogens with one attached hydrogen (secondary N) is 1. The van der Waals surface area contributed by atoms with Crippen LogP contribution < -0.4 is 5.32 Å². The summed E-state index contributed by atoms with van der Waals surface area (Å²) in [5, 5.41) is 3.52. The minimum Gasteiger partial charge on any atom is -0.383 e. The maximum atomic E-state index is 12.8. The molecule has 3 heterocycles. The summed E-state index contributed by atoms with van der Waals surface area (Å²) in [6.07, 6.45) is 9.21. The SMILES string of the molecule is C/C(C1=CN=CC1)=C1/C(=O)Cc2ccc(-c3cnc4c(c3C)NCCC4)cc21. The lowest BCUT2D eigenvalue weighted by atomic mass is 9.92. The molecule has 1 N–H and O–H groups in total. The summed E-state index contributed by atoms with van der Waals surface area (Å²) in [5.41, 5.74) is 11.1. The topological polar surface area (TPSA) is 54.4 Å². The van der Waals surface area contributed by atoms with Gasteiger partial charge in [0.2, 0.25) is 0 Å². The zero-order valence-corrected chi connectivity index (χ0v) is 16.3. The van der Waals surface area contributed by atoms with Crippen molar-refractivity contribution in [3.63, 3.8) is 0 Å². The molecule has 1 aliphatic carbocycles. The summed E-state index contributed by atoms with van der Waals surface area (Å²) in [4.78, 5) is 21.7. The van der Waals surface area contributed by atoms with Crippen molar-refractivity contribution < 1.29 is 4.79 Å². The van der Waals surface area contributed by atoms with Crippen molar-refractivity contribution in [2.75, 3.05) is 11.9 Å². The fraction of sp³-hybridized carbons (Fsp3) is 0.292. The molecule has 5 rings (SSSR count). The fourth-order valence-corrected chi connectivity index (χ4v) is 4.55. The van der Waals surface area contributed by atoms with E-state index in [1.165, 1.54) is 11.3 Å². The van der Waals surface area contributed by atoms with Crippen LogP contribution in [0.15, 0.2) is 46.7 Å². The Labute approximate surface area is 165 Å². The number of fused-ring (bicyclic) bond motifs is 2. The number of pyridine rings is 1. The molecule has 28 heavy (non-hydrogen) atoms. The maximum Gasteiger partial charge on any atom is 0.168 e. The second-order valence-electron chi connectivity index (χ2n) is 7.81. The molecule has 2 aliphatic heterocycles. The predicted molar refractivity (Wildman–Crippen MR) is 114 cm³/mol. The number of nitrogens with zero attached hydrogens (tertiary/aromatic N) is 2. The first kappa shape index (κ1) is 17.1. The number of allylic oxidation sites excluding steroid dienone is 3. The van der Waals surface area contributed by atoms with Crippen molar-refractivity contribution in [1.29, 1.82) is 0 Å². The summed E-state index contributed by atoms with van der Waals surface area (Å²) in [7, 11) is 0. The molecule has 1 aromatic heterocycles. The third-order valence-electron chi connectivity index (χ3n) is 6.13. The number of anilines is 1. The van der Waals surface area contributed by atoms with Gasteiger partial charge in [-0.25, -0.2) is 0 Å². The highest BCUT2D eigenvalue weighted by atomic mass is 16.1. The van der Waals surface area contributed by atoms with Gasteiger partial charge in [0.25, 0.3) is 0 Å². The Hall–Kier alpha value is -3.01. The molecule has 140 valence electrons. The largest absolute Gasteiger partial charge is 0.383 e. The molecule has 0 saturated carbocycles. The first-order valence-corrected chi connectivity index (χ1v) is 9.94. The first-order valence-electron chi connectivity index (χ1n) is 9.94. The van der Waals surface area contributed by atoms with Crippen molar-refractivity contribution in [3.05, 3.63) is 64.1 Å². The number of carbonyl (C=O) groups is 1. The van der Waals surface area contributed by atoms with E-state index in [1.54, 1.807) is 0 Å². The van der Waals surface area contributed by atoms with Crippen molar-refractivity contribution >= 4 is 23.3 Å². The number of aryl methyl sites for hydroxylation is 1. The van der Waals surface area contributed by atoms with E-state index in [9.17, 15) is 4.79 Å². The molecular weight excluding hydrogens is 346 g/mol. The number of hydrogen-bond acceptors (Lipinski definition) is 4. The van der Waals surface area contributed by atoms with Gasteiger partial charge in [-0.15, -0.1) is 0 Å². The second-order valence-corrected chi connectivity index (χ2v) is 7.81. The average molecular weight is 369 g/mol. The van der Waals surface area contributed by atoms with E-state index in [2.05, 4.69) is 35.4 Å². The second kappa shape index (κ2) is 6.55. The summed E-state index contributed by atoms with van der Waals surface area (Å²) < 4.78 is 0. The molecule has 0 bridgehead atoms. The van der Waals surface area contributed by atoms with Crippen LogP contribution in [0.3, 0.4) is 0 Å². The minimum absolute atomic E-state index is 0.208. The van der Waals surface area contributed by atoms with Crippen LogP contribution in [0.1, 0.15) is 42.1 Å². The van der Waals surface area contributed by atoms with E-state index >= 15 is 0 Å². The van der Waals surface area contributed by atoms with Gasteiger partial charge in [-0.05, 0) is 66.2 Å². The molecule has 0 spiro atoms. The third kappa shape index (κ3) is 2.63. The van der Waals surface area contributed by atoms with Crippen molar-refractivity contribution in [3.8, 4) is 11.1 Å². The summed E-state index contributed by atoms with van der Waals surface area (Å²) in [6.45, 7) is 5.21. The third-order valence-corrected chi connectivity index (χ3v) is 6.13. The van der Waals surface area contributed by atoms with Crippen molar-refractivity contribution in [1.82, 2.24) is 4.98 Å². The lowest BCUT2D eigenvalue weighted by Crippen LogP contribution is -2.14. The van der Waals surface area contributed by atoms with Crippen LogP contribution in [-0.4, -0.2) is 23.5 Å². The van der Waals surface area contributed by atoms with Gasteiger partial charge in [-0.1, -0.05) is 12.1 Å². The van der Waals surface area contributed by atoms with Gasteiger partial charge in [0.15, 0.2) is 5.78 Å². The molecule has 2 aromatic rings. The summed E-state index contributed by atoms with van der Waals surface area (Å²) >= 11 is 0. The summed E-state index contributed by atoms with van der Waals surface area (Å²) in [6, 6.07) is 6.41. The number of aromatic nitrogens is 1. The molecule has 4 heteroatoms. The smallest absolute Gasteiger partial charge is 0.168 e. The minimum atomic E-state index is 0.208. The molecule has 1 aromatic carbocycles. The molecule has 3 aliphatic rings. The van der Waals surface area contributed by atoms with Crippen LogP contribution in [0.4, 0.5) is 5.69 Å². The zero-order chi connectivity index (χ0) is 19.3. The highest BCUT2D eigenvalue weighted by molar-refractivity contribution is 6.27. The molecule has 4 nitrogen and oxygen atoms in total. The van der Waals surface area contributed by atoms with E-state index in [4.69, 9.17) is 4.98 Å². The Morgan fingerprint density at radius 2 is 2.11 bits per heavy atom. The van der Waals surface area contributed by atoms with Crippen molar-refractivity contribution in [2.24, 2.45) is 4.99 Å². The highest BCUT2D eigenvalue weighted by Gasteiger charge is 2.28.